The van der Waals surface area contributed by atoms with Gasteiger partial charge in [-0.3, -0.25) is 4.79 Å². The van der Waals surface area contributed by atoms with Crippen LogP contribution in [0.15, 0.2) is 53.4 Å². The third-order valence-corrected chi connectivity index (χ3v) is 7.31. The van der Waals surface area contributed by atoms with E-state index in [1.807, 2.05) is 4.90 Å². The lowest BCUT2D eigenvalue weighted by Gasteiger charge is -2.35. The Morgan fingerprint density at radius 2 is 1.64 bits per heavy atom. The second kappa shape index (κ2) is 7.52. The number of rotatable bonds is 4. The summed E-state index contributed by atoms with van der Waals surface area (Å²) in [4.78, 5) is 13.5. The molecule has 0 aromatic heterocycles. The maximum absolute atomic E-state index is 14.0. The molecule has 0 spiro atoms. The first-order valence-corrected chi connectivity index (χ1v) is 10.8. The van der Waals surface area contributed by atoms with Gasteiger partial charge in [-0.2, -0.15) is 4.31 Å². The van der Waals surface area contributed by atoms with Crippen LogP contribution < -0.4 is 10.2 Å². The zero-order chi connectivity index (χ0) is 19.7. The van der Waals surface area contributed by atoms with E-state index in [9.17, 15) is 17.6 Å². The second-order valence-electron chi connectivity index (χ2n) is 7.12. The first-order chi connectivity index (χ1) is 13.4. The van der Waals surface area contributed by atoms with E-state index in [1.54, 1.807) is 42.5 Å². The fourth-order valence-corrected chi connectivity index (χ4v) is 5.20. The molecule has 0 radical (unpaired) electrons. The maximum Gasteiger partial charge on any atom is 0.243 e. The number of carbonyl (C=O) groups excluding carboxylic acids is 1. The van der Waals surface area contributed by atoms with Gasteiger partial charge < -0.3 is 10.2 Å². The number of nitrogens with zero attached hydrogens (tertiary/aromatic N) is 2. The van der Waals surface area contributed by atoms with E-state index in [2.05, 4.69) is 5.32 Å². The van der Waals surface area contributed by atoms with Crippen molar-refractivity contribution in [1.82, 2.24) is 9.62 Å². The minimum atomic E-state index is -3.60. The average Bonchev–Trinajstić information content (AvgIpc) is 3.15. The standard InChI is InChI=1S/C20H22FN3O3S/c21-18-3-1-2-4-19(18)23-9-11-24(12-10-23)28(26,27)17-7-5-15(6-8-17)16-13-20(25)22-14-16/h1-8,16H,9-14H2,(H,22,25)/t16-/m1/s1. The van der Waals surface area contributed by atoms with Gasteiger partial charge >= 0.3 is 0 Å². The Balaban J connectivity index is 1.44. The Morgan fingerprint density at radius 3 is 2.25 bits per heavy atom. The smallest absolute Gasteiger partial charge is 0.243 e. The molecule has 0 bridgehead atoms. The van der Waals surface area contributed by atoms with E-state index < -0.39 is 10.0 Å². The number of nitrogens with one attached hydrogen (secondary N) is 1. The summed E-state index contributed by atoms with van der Waals surface area (Å²) in [5.41, 5.74) is 1.46. The van der Waals surface area contributed by atoms with E-state index >= 15 is 0 Å². The maximum atomic E-state index is 14.0. The van der Waals surface area contributed by atoms with Crippen LogP contribution in [0.25, 0.3) is 0 Å². The molecule has 2 aliphatic rings. The van der Waals surface area contributed by atoms with Crippen molar-refractivity contribution in [2.45, 2.75) is 17.2 Å². The van der Waals surface area contributed by atoms with Crippen molar-refractivity contribution in [2.24, 2.45) is 0 Å². The molecular weight excluding hydrogens is 381 g/mol. The Hall–Kier alpha value is -2.45. The monoisotopic (exact) mass is 403 g/mol. The van der Waals surface area contributed by atoms with Crippen molar-refractivity contribution in [3.63, 3.8) is 0 Å². The van der Waals surface area contributed by atoms with Crippen molar-refractivity contribution >= 4 is 21.6 Å². The first-order valence-electron chi connectivity index (χ1n) is 9.31. The minimum absolute atomic E-state index is 0.0226. The van der Waals surface area contributed by atoms with Gasteiger partial charge in [-0.15, -0.1) is 0 Å². The molecule has 2 saturated heterocycles. The highest BCUT2D eigenvalue weighted by Crippen LogP contribution is 2.26. The van der Waals surface area contributed by atoms with Crippen molar-refractivity contribution in [1.29, 1.82) is 0 Å². The fraction of sp³-hybridized carbons (Fsp3) is 0.350. The molecule has 1 amide bonds. The van der Waals surface area contributed by atoms with Gasteiger partial charge in [-0.25, -0.2) is 12.8 Å². The minimum Gasteiger partial charge on any atom is -0.367 e. The Kier molecular flexibility index (Phi) is 5.07. The summed E-state index contributed by atoms with van der Waals surface area (Å²) >= 11 is 0. The number of halogens is 1. The van der Waals surface area contributed by atoms with Crippen molar-refractivity contribution in [3.8, 4) is 0 Å². The van der Waals surface area contributed by atoms with Crippen molar-refractivity contribution < 1.29 is 17.6 Å². The topological polar surface area (TPSA) is 69.7 Å². The van der Waals surface area contributed by atoms with Crippen LogP contribution in [0.3, 0.4) is 0 Å². The predicted octanol–water partition coefficient (Wildman–Crippen LogP) is 1.94. The summed E-state index contributed by atoms with van der Waals surface area (Å²) in [5.74, 6) is -0.183. The van der Waals surface area contributed by atoms with E-state index in [0.717, 1.165) is 5.56 Å². The molecule has 2 aliphatic heterocycles. The van der Waals surface area contributed by atoms with Crippen LogP contribution in [0.1, 0.15) is 17.9 Å². The molecule has 2 heterocycles. The first kappa shape index (κ1) is 18.9. The fourth-order valence-electron chi connectivity index (χ4n) is 3.78. The number of para-hydroxylation sites is 1. The molecule has 28 heavy (non-hydrogen) atoms. The molecule has 0 aliphatic carbocycles. The van der Waals surface area contributed by atoms with Gasteiger partial charge in [0.05, 0.1) is 10.6 Å². The van der Waals surface area contributed by atoms with Crippen LogP contribution in [0.2, 0.25) is 0 Å². The summed E-state index contributed by atoms with van der Waals surface area (Å²) in [7, 11) is -3.60. The molecule has 1 N–H and O–H groups in total. The highest BCUT2D eigenvalue weighted by Gasteiger charge is 2.30. The van der Waals surface area contributed by atoms with E-state index in [0.29, 0.717) is 44.8 Å². The quantitative estimate of drug-likeness (QED) is 0.847. The number of piperazine rings is 1. The van der Waals surface area contributed by atoms with Crippen LogP contribution in [0.5, 0.6) is 0 Å². The molecule has 2 aromatic carbocycles. The normalized spacial score (nSPS) is 21.0. The van der Waals surface area contributed by atoms with Gasteiger partial charge in [0.25, 0.3) is 0 Å². The lowest BCUT2D eigenvalue weighted by molar-refractivity contribution is -0.119. The number of carbonyl (C=O) groups is 1. The van der Waals surface area contributed by atoms with Gasteiger partial charge in [0.1, 0.15) is 5.82 Å². The second-order valence-corrected chi connectivity index (χ2v) is 9.05. The molecule has 6 nitrogen and oxygen atoms in total. The summed E-state index contributed by atoms with van der Waals surface area (Å²) in [5, 5.41) is 2.79. The summed E-state index contributed by atoms with van der Waals surface area (Å²) in [6.07, 6.45) is 0.435. The highest BCUT2D eigenvalue weighted by atomic mass is 32.2. The molecular formula is C20H22FN3O3S. The zero-order valence-corrected chi connectivity index (χ0v) is 16.2. The SMILES string of the molecule is O=C1C[C@@H](c2ccc(S(=O)(=O)N3CCN(c4ccccc4F)CC3)cc2)CN1. The number of hydrogen-bond donors (Lipinski definition) is 1. The van der Waals surface area contributed by atoms with Gasteiger partial charge in [0, 0.05) is 45.1 Å². The number of anilines is 1. The molecule has 8 heteroatoms. The molecule has 4 rings (SSSR count). The van der Waals surface area contributed by atoms with Crippen LogP contribution in [-0.2, 0) is 14.8 Å². The van der Waals surface area contributed by atoms with Crippen molar-refractivity contribution in [2.75, 3.05) is 37.6 Å². The summed E-state index contributed by atoms with van der Waals surface area (Å²) in [6.45, 7) is 2.07. The lowest BCUT2D eigenvalue weighted by Crippen LogP contribution is -2.48. The van der Waals surface area contributed by atoms with E-state index in [4.69, 9.17) is 0 Å². The Labute approximate surface area is 164 Å². The lowest BCUT2D eigenvalue weighted by atomic mass is 9.99. The largest absolute Gasteiger partial charge is 0.367 e. The molecule has 0 unspecified atom stereocenters. The number of sulfonamides is 1. The molecule has 0 saturated carbocycles. The average molecular weight is 403 g/mol. The van der Waals surface area contributed by atoms with Crippen LogP contribution >= 0.6 is 0 Å². The summed E-state index contributed by atoms with van der Waals surface area (Å²) < 4.78 is 41.3. The van der Waals surface area contributed by atoms with E-state index in [1.165, 1.54) is 10.4 Å². The highest BCUT2D eigenvalue weighted by molar-refractivity contribution is 7.89. The van der Waals surface area contributed by atoms with Gasteiger partial charge in [-0.1, -0.05) is 24.3 Å². The number of amides is 1. The third kappa shape index (κ3) is 3.62. The molecule has 2 fully saturated rings. The summed E-state index contributed by atoms with van der Waals surface area (Å²) in [6, 6.07) is 13.3. The molecule has 1 atom stereocenters. The molecule has 2 aromatic rings. The third-order valence-electron chi connectivity index (χ3n) is 5.40. The Bertz CT molecular complexity index is 970. The van der Waals surface area contributed by atoms with Gasteiger partial charge in [0.15, 0.2) is 0 Å². The zero-order valence-electron chi connectivity index (χ0n) is 15.3. The van der Waals surface area contributed by atoms with Crippen LogP contribution in [0, 0.1) is 5.82 Å². The number of hydrogen-bond acceptors (Lipinski definition) is 4. The van der Waals surface area contributed by atoms with E-state index in [-0.39, 0.29) is 22.5 Å². The Morgan fingerprint density at radius 1 is 0.964 bits per heavy atom. The van der Waals surface area contributed by atoms with Crippen molar-refractivity contribution in [3.05, 3.63) is 59.9 Å². The van der Waals surface area contributed by atoms with Gasteiger partial charge in [0.2, 0.25) is 15.9 Å². The predicted molar refractivity (Wildman–Crippen MR) is 104 cm³/mol. The number of benzene rings is 2. The molecule has 148 valence electrons. The van der Waals surface area contributed by atoms with Gasteiger partial charge in [-0.05, 0) is 29.8 Å². The van der Waals surface area contributed by atoms with Crippen LogP contribution in [0.4, 0.5) is 10.1 Å². The van der Waals surface area contributed by atoms with Crippen LogP contribution in [-0.4, -0.2) is 51.4 Å².